The first-order chi connectivity index (χ1) is 8.79. The van der Waals surface area contributed by atoms with Gasteiger partial charge in [0.25, 0.3) is 0 Å². The van der Waals surface area contributed by atoms with Gasteiger partial charge in [-0.25, -0.2) is 0 Å². The van der Waals surface area contributed by atoms with Crippen LogP contribution in [0.5, 0.6) is 5.75 Å². The third-order valence-electron chi connectivity index (χ3n) is 3.84. The first-order valence-electron chi connectivity index (χ1n) is 7.16. The lowest BCUT2D eigenvalue weighted by atomic mass is 9.88. The van der Waals surface area contributed by atoms with Crippen molar-refractivity contribution < 1.29 is 9.84 Å². The highest BCUT2D eigenvalue weighted by Crippen LogP contribution is 2.28. The zero-order valence-electron chi connectivity index (χ0n) is 11.3. The number of ether oxygens (including phenoxy) is 1. The summed E-state index contributed by atoms with van der Waals surface area (Å²) in [5.41, 5.74) is 1.25. The van der Waals surface area contributed by atoms with Crippen molar-refractivity contribution in [2.45, 2.75) is 51.6 Å². The monoisotopic (exact) mass is 248 g/mol. The summed E-state index contributed by atoms with van der Waals surface area (Å²) in [7, 11) is 0. The minimum Gasteiger partial charge on any atom is -0.490 e. The molecule has 0 spiro atoms. The average Bonchev–Trinajstić information content (AvgIpc) is 2.40. The van der Waals surface area contributed by atoms with Crippen LogP contribution in [0.25, 0.3) is 0 Å². The van der Waals surface area contributed by atoms with E-state index in [0.717, 1.165) is 18.6 Å². The molecule has 0 amide bonds. The SMILES string of the molecule is C[C@@H]1CCCC[C@@H]1Oc1cccc(CCCO)c1. The highest BCUT2D eigenvalue weighted by Gasteiger charge is 2.22. The molecular formula is C16H24O2. The van der Waals surface area contributed by atoms with Crippen LogP contribution < -0.4 is 4.74 Å². The fourth-order valence-corrected chi connectivity index (χ4v) is 2.69. The van der Waals surface area contributed by atoms with Gasteiger partial charge >= 0.3 is 0 Å². The van der Waals surface area contributed by atoms with Crippen LogP contribution in [-0.4, -0.2) is 17.8 Å². The zero-order chi connectivity index (χ0) is 12.8. The molecule has 0 unspecified atom stereocenters. The Hall–Kier alpha value is -1.02. The maximum atomic E-state index is 8.86. The van der Waals surface area contributed by atoms with Crippen molar-refractivity contribution in [3.05, 3.63) is 29.8 Å². The summed E-state index contributed by atoms with van der Waals surface area (Å²) in [6.45, 7) is 2.55. The van der Waals surface area contributed by atoms with Gasteiger partial charge in [0.1, 0.15) is 11.9 Å². The lowest BCUT2D eigenvalue weighted by Gasteiger charge is -2.29. The summed E-state index contributed by atoms with van der Waals surface area (Å²) in [4.78, 5) is 0. The van der Waals surface area contributed by atoms with Gasteiger partial charge in [-0.1, -0.05) is 25.5 Å². The van der Waals surface area contributed by atoms with E-state index in [0.29, 0.717) is 12.0 Å². The topological polar surface area (TPSA) is 29.5 Å². The molecule has 18 heavy (non-hydrogen) atoms. The van der Waals surface area contributed by atoms with Gasteiger partial charge in [0.15, 0.2) is 0 Å². The Morgan fingerprint density at radius 1 is 1.28 bits per heavy atom. The van der Waals surface area contributed by atoms with Crippen LogP contribution in [0.4, 0.5) is 0 Å². The summed E-state index contributed by atoms with van der Waals surface area (Å²) in [6, 6.07) is 8.32. The number of aliphatic hydroxyl groups excluding tert-OH is 1. The lowest BCUT2D eigenvalue weighted by Crippen LogP contribution is -2.28. The van der Waals surface area contributed by atoms with Crippen molar-refractivity contribution in [2.24, 2.45) is 5.92 Å². The van der Waals surface area contributed by atoms with E-state index in [1.807, 2.05) is 6.07 Å². The maximum Gasteiger partial charge on any atom is 0.120 e. The van der Waals surface area contributed by atoms with E-state index in [1.165, 1.54) is 31.2 Å². The van der Waals surface area contributed by atoms with E-state index in [1.54, 1.807) is 0 Å². The Balaban J connectivity index is 1.95. The number of hydrogen-bond donors (Lipinski definition) is 1. The Bertz CT molecular complexity index is 362. The second kappa shape index (κ2) is 6.79. The number of aryl methyl sites for hydroxylation is 1. The minimum atomic E-state index is 0.255. The largest absolute Gasteiger partial charge is 0.490 e. The van der Waals surface area contributed by atoms with Crippen LogP contribution in [0.15, 0.2) is 24.3 Å². The van der Waals surface area contributed by atoms with Crippen LogP contribution in [0, 0.1) is 5.92 Å². The standard InChI is InChI=1S/C16H24O2/c1-13-6-2-3-10-16(13)18-15-9-4-7-14(12-15)8-5-11-17/h4,7,9,12-13,16-17H,2-3,5-6,8,10-11H2,1H3/t13-,16+/m1/s1. The molecule has 0 saturated heterocycles. The predicted octanol–water partition coefficient (Wildman–Crippen LogP) is 3.57. The molecule has 1 saturated carbocycles. The van der Waals surface area contributed by atoms with Crippen LogP contribution in [0.1, 0.15) is 44.6 Å². The normalized spacial score (nSPS) is 23.9. The average molecular weight is 248 g/mol. The lowest BCUT2D eigenvalue weighted by molar-refractivity contribution is 0.102. The Kier molecular flexibility index (Phi) is 5.06. The number of benzene rings is 1. The molecule has 2 rings (SSSR count). The van der Waals surface area contributed by atoms with Crippen LogP contribution >= 0.6 is 0 Å². The number of aliphatic hydroxyl groups is 1. The van der Waals surface area contributed by atoms with Gasteiger partial charge in [-0.2, -0.15) is 0 Å². The van der Waals surface area contributed by atoms with Crippen LogP contribution in [-0.2, 0) is 6.42 Å². The molecule has 1 N–H and O–H groups in total. The highest BCUT2D eigenvalue weighted by molar-refractivity contribution is 5.28. The molecule has 1 aromatic rings. The van der Waals surface area contributed by atoms with Crippen molar-refractivity contribution in [2.75, 3.05) is 6.61 Å². The Morgan fingerprint density at radius 2 is 2.11 bits per heavy atom. The van der Waals surface area contributed by atoms with E-state index in [-0.39, 0.29) is 6.61 Å². The van der Waals surface area contributed by atoms with Crippen molar-refractivity contribution >= 4 is 0 Å². The quantitative estimate of drug-likeness (QED) is 0.863. The van der Waals surface area contributed by atoms with Crippen molar-refractivity contribution in [3.63, 3.8) is 0 Å². The van der Waals surface area contributed by atoms with E-state index in [4.69, 9.17) is 9.84 Å². The molecule has 1 aromatic carbocycles. The molecule has 100 valence electrons. The molecule has 1 fully saturated rings. The van der Waals surface area contributed by atoms with Gasteiger partial charge in [-0.3, -0.25) is 0 Å². The molecule has 0 heterocycles. The van der Waals surface area contributed by atoms with Crippen molar-refractivity contribution in [1.29, 1.82) is 0 Å². The molecule has 2 heteroatoms. The minimum absolute atomic E-state index is 0.255. The molecule has 0 aromatic heterocycles. The second-order valence-electron chi connectivity index (χ2n) is 5.39. The summed E-state index contributed by atoms with van der Waals surface area (Å²) in [5, 5.41) is 8.86. The summed E-state index contributed by atoms with van der Waals surface area (Å²) >= 11 is 0. The fourth-order valence-electron chi connectivity index (χ4n) is 2.69. The summed E-state index contributed by atoms with van der Waals surface area (Å²) in [5.74, 6) is 1.66. The molecule has 2 atom stereocenters. The van der Waals surface area contributed by atoms with Gasteiger partial charge < -0.3 is 9.84 Å². The van der Waals surface area contributed by atoms with E-state index in [9.17, 15) is 0 Å². The molecule has 0 bridgehead atoms. The molecule has 0 aliphatic heterocycles. The number of hydrogen-bond acceptors (Lipinski definition) is 2. The highest BCUT2D eigenvalue weighted by atomic mass is 16.5. The first kappa shape index (κ1) is 13.4. The van der Waals surface area contributed by atoms with E-state index < -0.39 is 0 Å². The maximum absolute atomic E-state index is 8.86. The molecule has 2 nitrogen and oxygen atoms in total. The molecular weight excluding hydrogens is 224 g/mol. The van der Waals surface area contributed by atoms with Crippen LogP contribution in [0.2, 0.25) is 0 Å². The first-order valence-corrected chi connectivity index (χ1v) is 7.16. The third kappa shape index (κ3) is 3.74. The Labute approximate surface area is 110 Å². The number of rotatable bonds is 5. The Morgan fingerprint density at radius 3 is 2.89 bits per heavy atom. The molecule has 1 aliphatic carbocycles. The van der Waals surface area contributed by atoms with Crippen molar-refractivity contribution in [3.8, 4) is 5.75 Å². The van der Waals surface area contributed by atoms with Gasteiger partial charge in [0, 0.05) is 6.61 Å². The van der Waals surface area contributed by atoms with E-state index in [2.05, 4.69) is 25.1 Å². The third-order valence-corrected chi connectivity index (χ3v) is 3.84. The summed E-state index contributed by atoms with van der Waals surface area (Å²) < 4.78 is 6.13. The predicted molar refractivity (Wildman–Crippen MR) is 73.9 cm³/mol. The smallest absolute Gasteiger partial charge is 0.120 e. The van der Waals surface area contributed by atoms with Gasteiger partial charge in [0.05, 0.1) is 0 Å². The van der Waals surface area contributed by atoms with E-state index >= 15 is 0 Å². The van der Waals surface area contributed by atoms with Gasteiger partial charge in [-0.05, 0) is 55.7 Å². The molecule has 0 radical (unpaired) electrons. The molecule has 1 aliphatic rings. The van der Waals surface area contributed by atoms with Crippen LogP contribution in [0.3, 0.4) is 0 Å². The van der Waals surface area contributed by atoms with Gasteiger partial charge in [0.2, 0.25) is 0 Å². The van der Waals surface area contributed by atoms with Crippen molar-refractivity contribution in [1.82, 2.24) is 0 Å². The zero-order valence-corrected chi connectivity index (χ0v) is 11.3. The van der Waals surface area contributed by atoms with Gasteiger partial charge in [-0.15, -0.1) is 0 Å². The second-order valence-corrected chi connectivity index (χ2v) is 5.39. The fraction of sp³-hybridized carbons (Fsp3) is 0.625. The summed E-state index contributed by atoms with van der Waals surface area (Å²) in [6.07, 6.45) is 7.23.